The van der Waals surface area contributed by atoms with Crippen LogP contribution in [0.15, 0.2) is 0 Å². The van der Waals surface area contributed by atoms with Crippen molar-refractivity contribution in [1.29, 1.82) is 0 Å². The fourth-order valence-corrected chi connectivity index (χ4v) is 2.48. The molecule has 0 amide bonds. The minimum atomic E-state index is -0.985. The van der Waals surface area contributed by atoms with E-state index < -0.39 is 33.7 Å². The molecule has 6 atom stereocenters. The van der Waals surface area contributed by atoms with Crippen LogP contribution >= 0.6 is 46.4 Å². The van der Waals surface area contributed by atoms with Gasteiger partial charge in [-0.3, -0.25) is 0 Å². The van der Waals surface area contributed by atoms with Gasteiger partial charge in [0, 0.05) is 0 Å². The Bertz CT molecular complexity index is 109. The van der Waals surface area contributed by atoms with E-state index in [0.717, 1.165) is 0 Å². The molecule has 0 heterocycles. The van der Waals surface area contributed by atoms with Crippen LogP contribution in [-0.4, -0.2) is 43.9 Å². The number of hydrogen-bond donors (Lipinski definition) is 2. The van der Waals surface area contributed by atoms with Gasteiger partial charge in [0.2, 0.25) is 0 Å². The van der Waals surface area contributed by atoms with Crippen LogP contribution in [0.4, 0.5) is 0 Å². The van der Waals surface area contributed by atoms with Crippen LogP contribution in [0.3, 0.4) is 0 Å². The molecule has 1 fully saturated rings. The first kappa shape index (κ1) is 11.2. The molecule has 1 aliphatic carbocycles. The third-order valence-corrected chi connectivity index (χ3v) is 4.29. The van der Waals surface area contributed by atoms with Gasteiger partial charge in [0.15, 0.2) is 0 Å². The Morgan fingerprint density at radius 1 is 0.583 bits per heavy atom. The van der Waals surface area contributed by atoms with Crippen LogP contribution in [-0.2, 0) is 0 Å². The highest BCUT2D eigenvalue weighted by Gasteiger charge is 2.47. The van der Waals surface area contributed by atoms with Crippen molar-refractivity contribution >= 4 is 46.4 Å². The summed E-state index contributed by atoms with van der Waals surface area (Å²) >= 11 is 22.8. The van der Waals surface area contributed by atoms with Crippen LogP contribution in [0, 0.1) is 0 Å². The van der Waals surface area contributed by atoms with E-state index in [4.69, 9.17) is 46.4 Å². The maximum atomic E-state index is 9.36. The quantitative estimate of drug-likeness (QED) is 0.636. The Kier molecular flexibility index (Phi) is 3.79. The lowest BCUT2D eigenvalue weighted by Crippen LogP contribution is -2.56. The van der Waals surface area contributed by atoms with Gasteiger partial charge in [0.05, 0.1) is 33.7 Å². The van der Waals surface area contributed by atoms with Crippen molar-refractivity contribution in [3.8, 4) is 0 Å². The molecule has 12 heavy (non-hydrogen) atoms. The number of alkyl halides is 4. The second-order valence-electron chi connectivity index (χ2n) is 2.76. The number of aliphatic hydroxyl groups is 2. The zero-order valence-corrected chi connectivity index (χ0v) is 8.89. The summed E-state index contributed by atoms with van der Waals surface area (Å²) in [6.07, 6.45) is -1.97. The van der Waals surface area contributed by atoms with E-state index in [1.54, 1.807) is 0 Å². The lowest BCUT2D eigenvalue weighted by atomic mass is 9.93. The van der Waals surface area contributed by atoms with Gasteiger partial charge in [-0.05, 0) is 0 Å². The SMILES string of the molecule is OC1[C@@H](Cl)[C@H](Cl)C(O)[C@H](Cl)[C@H]1Cl. The molecule has 2 unspecified atom stereocenters. The van der Waals surface area contributed by atoms with Crippen molar-refractivity contribution in [3.63, 3.8) is 0 Å². The molecule has 6 heteroatoms. The molecule has 2 nitrogen and oxygen atoms in total. The van der Waals surface area contributed by atoms with Gasteiger partial charge in [-0.1, -0.05) is 0 Å². The van der Waals surface area contributed by atoms with E-state index in [1.807, 2.05) is 0 Å². The molecule has 0 aromatic heterocycles. The first-order valence-electron chi connectivity index (χ1n) is 3.39. The molecule has 0 spiro atoms. The molecule has 0 bridgehead atoms. The Balaban J connectivity index is 2.76. The maximum Gasteiger partial charge on any atom is 0.0897 e. The first-order valence-corrected chi connectivity index (χ1v) is 5.14. The van der Waals surface area contributed by atoms with Crippen LogP contribution in [0.25, 0.3) is 0 Å². The molecule has 1 aliphatic rings. The minimum Gasteiger partial charge on any atom is -0.390 e. The van der Waals surface area contributed by atoms with E-state index in [0.29, 0.717) is 0 Å². The predicted molar refractivity (Wildman–Crippen MR) is 50.6 cm³/mol. The summed E-state index contributed by atoms with van der Waals surface area (Å²) in [6.45, 7) is 0. The lowest BCUT2D eigenvalue weighted by molar-refractivity contribution is 0.0682. The molecule has 1 saturated carbocycles. The molecular weight excluding hydrogens is 246 g/mol. The van der Waals surface area contributed by atoms with Crippen molar-refractivity contribution in [2.45, 2.75) is 33.7 Å². The van der Waals surface area contributed by atoms with Gasteiger partial charge < -0.3 is 10.2 Å². The van der Waals surface area contributed by atoms with E-state index in [-0.39, 0.29) is 0 Å². The minimum absolute atomic E-state index is 0.765. The van der Waals surface area contributed by atoms with E-state index in [1.165, 1.54) is 0 Å². The van der Waals surface area contributed by atoms with Gasteiger partial charge in [0.25, 0.3) is 0 Å². The van der Waals surface area contributed by atoms with Crippen LogP contribution in [0.1, 0.15) is 0 Å². The number of rotatable bonds is 0. The highest BCUT2D eigenvalue weighted by molar-refractivity contribution is 6.35. The summed E-state index contributed by atoms with van der Waals surface area (Å²) in [7, 11) is 0. The Morgan fingerprint density at radius 2 is 0.750 bits per heavy atom. The molecule has 0 saturated heterocycles. The summed E-state index contributed by atoms with van der Waals surface area (Å²) < 4.78 is 0. The van der Waals surface area contributed by atoms with Gasteiger partial charge in [-0.15, -0.1) is 46.4 Å². The summed E-state index contributed by atoms with van der Waals surface area (Å²) in [6, 6.07) is 0. The summed E-state index contributed by atoms with van der Waals surface area (Å²) in [5.41, 5.74) is 0. The van der Waals surface area contributed by atoms with Crippen LogP contribution < -0.4 is 0 Å². The smallest absolute Gasteiger partial charge is 0.0897 e. The van der Waals surface area contributed by atoms with Gasteiger partial charge in [-0.25, -0.2) is 0 Å². The second-order valence-corrected chi connectivity index (χ2v) is 4.77. The fourth-order valence-electron chi connectivity index (χ4n) is 1.10. The van der Waals surface area contributed by atoms with E-state index in [2.05, 4.69) is 0 Å². The van der Waals surface area contributed by atoms with Gasteiger partial charge in [0.1, 0.15) is 0 Å². The number of aliphatic hydroxyl groups excluding tert-OH is 2. The third kappa shape index (κ3) is 1.79. The van der Waals surface area contributed by atoms with Crippen molar-refractivity contribution < 1.29 is 10.2 Å². The van der Waals surface area contributed by atoms with E-state index in [9.17, 15) is 10.2 Å². The molecule has 0 aromatic carbocycles. The Morgan fingerprint density at radius 3 is 0.917 bits per heavy atom. The lowest BCUT2D eigenvalue weighted by Gasteiger charge is -2.38. The van der Waals surface area contributed by atoms with Gasteiger partial charge in [-0.2, -0.15) is 0 Å². The Labute approximate surface area is 90.4 Å². The fraction of sp³-hybridized carbons (Fsp3) is 1.00. The molecule has 0 radical (unpaired) electrons. The normalized spacial score (nSPS) is 55.5. The topological polar surface area (TPSA) is 40.5 Å². The van der Waals surface area contributed by atoms with E-state index >= 15 is 0 Å². The molecular formula is C6H8Cl4O2. The van der Waals surface area contributed by atoms with Crippen LogP contribution in [0.2, 0.25) is 0 Å². The van der Waals surface area contributed by atoms with Crippen molar-refractivity contribution in [2.24, 2.45) is 0 Å². The highest BCUT2D eigenvalue weighted by Crippen LogP contribution is 2.34. The highest BCUT2D eigenvalue weighted by atomic mass is 35.5. The average Bonchev–Trinajstić information content (AvgIpc) is 2.08. The monoisotopic (exact) mass is 252 g/mol. The summed E-state index contributed by atoms with van der Waals surface area (Å²) in [5, 5.41) is 15.7. The van der Waals surface area contributed by atoms with Crippen LogP contribution in [0.5, 0.6) is 0 Å². The Hall–Kier alpha value is 1.08. The average molecular weight is 254 g/mol. The largest absolute Gasteiger partial charge is 0.390 e. The molecule has 0 aliphatic heterocycles. The zero-order valence-electron chi connectivity index (χ0n) is 5.87. The zero-order chi connectivity index (χ0) is 9.46. The van der Waals surface area contributed by atoms with Crippen molar-refractivity contribution in [2.75, 3.05) is 0 Å². The molecule has 2 N–H and O–H groups in total. The summed E-state index contributed by atoms with van der Waals surface area (Å²) in [4.78, 5) is 0. The standard InChI is InChI=1S/C6H8Cl4O2/c7-1-2(8)6(12)4(10)3(9)5(1)11/h1-6,11-12H/t1-,2-,3+,4+,5?,6?. The second kappa shape index (κ2) is 4.07. The third-order valence-electron chi connectivity index (χ3n) is 1.91. The first-order chi connectivity index (χ1) is 5.46. The summed E-state index contributed by atoms with van der Waals surface area (Å²) in [5.74, 6) is 0. The molecule has 1 rings (SSSR count). The number of halogens is 4. The molecule has 72 valence electrons. The van der Waals surface area contributed by atoms with Gasteiger partial charge >= 0.3 is 0 Å². The number of hydrogen-bond acceptors (Lipinski definition) is 2. The maximum absolute atomic E-state index is 9.36. The predicted octanol–water partition coefficient (Wildman–Crippen LogP) is 1.15. The van der Waals surface area contributed by atoms with Crippen molar-refractivity contribution in [3.05, 3.63) is 0 Å². The molecule has 0 aromatic rings. The van der Waals surface area contributed by atoms with Crippen molar-refractivity contribution in [1.82, 2.24) is 0 Å².